The average molecular weight is 239 g/mol. The van der Waals surface area contributed by atoms with E-state index in [9.17, 15) is 0 Å². The van der Waals surface area contributed by atoms with Crippen molar-refractivity contribution >= 4 is 0 Å². The van der Waals surface area contributed by atoms with Gasteiger partial charge in [-0.1, -0.05) is 19.0 Å². The first-order chi connectivity index (χ1) is 8.04. The molecular formula is C12H21N3O2. The van der Waals surface area contributed by atoms with Crippen LogP contribution in [0.4, 0.5) is 0 Å². The first-order valence-electron chi connectivity index (χ1n) is 6.25. The highest BCUT2D eigenvalue weighted by Crippen LogP contribution is 2.31. The predicted molar refractivity (Wildman–Crippen MR) is 63.5 cm³/mol. The van der Waals surface area contributed by atoms with Crippen molar-refractivity contribution in [2.24, 2.45) is 11.7 Å². The van der Waals surface area contributed by atoms with Crippen molar-refractivity contribution in [3.8, 4) is 0 Å². The third kappa shape index (κ3) is 2.50. The minimum atomic E-state index is -0.504. The van der Waals surface area contributed by atoms with Crippen molar-refractivity contribution in [2.45, 2.75) is 45.1 Å². The summed E-state index contributed by atoms with van der Waals surface area (Å²) in [5.74, 6) is 2.04. The van der Waals surface area contributed by atoms with Crippen molar-refractivity contribution in [3.05, 3.63) is 11.7 Å². The molecule has 1 aromatic rings. The Hall–Kier alpha value is -0.940. The van der Waals surface area contributed by atoms with Crippen molar-refractivity contribution in [1.29, 1.82) is 0 Å². The van der Waals surface area contributed by atoms with Gasteiger partial charge < -0.3 is 15.0 Å². The maximum Gasteiger partial charge on any atom is 0.230 e. The van der Waals surface area contributed by atoms with E-state index in [4.69, 9.17) is 15.0 Å². The van der Waals surface area contributed by atoms with Gasteiger partial charge in [0.25, 0.3) is 0 Å². The van der Waals surface area contributed by atoms with E-state index >= 15 is 0 Å². The first kappa shape index (κ1) is 12.5. The first-order valence-corrected chi connectivity index (χ1v) is 6.25. The van der Waals surface area contributed by atoms with E-state index in [0.717, 1.165) is 26.1 Å². The SMILES string of the molecule is CCC(C)(N)c1noc(C2CCOCC2C)n1. The molecule has 2 heterocycles. The van der Waals surface area contributed by atoms with Crippen LogP contribution in [-0.2, 0) is 10.3 Å². The van der Waals surface area contributed by atoms with Crippen LogP contribution in [0.2, 0.25) is 0 Å². The summed E-state index contributed by atoms with van der Waals surface area (Å²) in [6.45, 7) is 7.62. The smallest absolute Gasteiger partial charge is 0.230 e. The second-order valence-corrected chi connectivity index (χ2v) is 5.17. The quantitative estimate of drug-likeness (QED) is 0.870. The molecule has 1 aromatic heterocycles. The minimum absolute atomic E-state index is 0.303. The van der Waals surface area contributed by atoms with Gasteiger partial charge in [-0.2, -0.15) is 4.98 Å². The predicted octanol–water partition coefficient (Wildman–Crippen LogP) is 1.79. The summed E-state index contributed by atoms with van der Waals surface area (Å²) in [4.78, 5) is 4.47. The summed E-state index contributed by atoms with van der Waals surface area (Å²) in [6.07, 6.45) is 1.73. The van der Waals surface area contributed by atoms with Crippen LogP contribution in [0.1, 0.15) is 51.2 Å². The van der Waals surface area contributed by atoms with E-state index in [1.165, 1.54) is 0 Å². The lowest BCUT2D eigenvalue weighted by Crippen LogP contribution is -2.33. The highest BCUT2D eigenvalue weighted by atomic mass is 16.5. The third-order valence-electron chi connectivity index (χ3n) is 3.65. The van der Waals surface area contributed by atoms with Gasteiger partial charge >= 0.3 is 0 Å². The van der Waals surface area contributed by atoms with Gasteiger partial charge in [-0.15, -0.1) is 0 Å². The molecule has 5 nitrogen and oxygen atoms in total. The topological polar surface area (TPSA) is 74.2 Å². The lowest BCUT2D eigenvalue weighted by atomic mass is 9.90. The number of aromatic nitrogens is 2. The number of hydrogen-bond acceptors (Lipinski definition) is 5. The molecule has 1 fully saturated rings. The molecule has 0 radical (unpaired) electrons. The van der Waals surface area contributed by atoms with Crippen LogP contribution < -0.4 is 5.73 Å². The Morgan fingerprint density at radius 3 is 2.94 bits per heavy atom. The molecule has 0 bridgehead atoms. The summed E-state index contributed by atoms with van der Waals surface area (Å²) in [7, 11) is 0. The van der Waals surface area contributed by atoms with Gasteiger partial charge in [0, 0.05) is 19.1 Å². The van der Waals surface area contributed by atoms with Crippen LogP contribution in [0.15, 0.2) is 4.52 Å². The van der Waals surface area contributed by atoms with Crippen LogP contribution in [0.3, 0.4) is 0 Å². The molecule has 0 saturated carbocycles. The highest BCUT2D eigenvalue weighted by Gasteiger charge is 2.31. The van der Waals surface area contributed by atoms with E-state index in [2.05, 4.69) is 17.1 Å². The molecule has 3 atom stereocenters. The lowest BCUT2D eigenvalue weighted by Gasteiger charge is -2.25. The third-order valence-corrected chi connectivity index (χ3v) is 3.65. The molecule has 96 valence electrons. The number of hydrogen-bond donors (Lipinski definition) is 1. The Balaban J connectivity index is 2.17. The Morgan fingerprint density at radius 2 is 2.29 bits per heavy atom. The summed E-state index contributed by atoms with van der Waals surface area (Å²) in [5, 5.41) is 4.02. The zero-order chi connectivity index (χ0) is 12.5. The van der Waals surface area contributed by atoms with Gasteiger partial charge in [0.2, 0.25) is 5.89 Å². The summed E-state index contributed by atoms with van der Waals surface area (Å²) in [5.41, 5.74) is 5.60. The Bertz CT molecular complexity index is 376. The van der Waals surface area contributed by atoms with Crippen molar-refractivity contribution < 1.29 is 9.26 Å². The molecule has 17 heavy (non-hydrogen) atoms. The largest absolute Gasteiger partial charge is 0.381 e. The van der Waals surface area contributed by atoms with Crippen LogP contribution in [-0.4, -0.2) is 23.4 Å². The molecular weight excluding hydrogens is 218 g/mol. The molecule has 2 N–H and O–H groups in total. The van der Waals surface area contributed by atoms with Crippen LogP contribution in [0.25, 0.3) is 0 Å². The second kappa shape index (κ2) is 4.74. The second-order valence-electron chi connectivity index (χ2n) is 5.17. The molecule has 2 rings (SSSR count). The van der Waals surface area contributed by atoms with Crippen molar-refractivity contribution in [1.82, 2.24) is 10.1 Å². The molecule has 5 heteroatoms. The maximum atomic E-state index is 6.11. The van der Waals surface area contributed by atoms with E-state index in [1.807, 2.05) is 13.8 Å². The fraction of sp³-hybridized carbons (Fsp3) is 0.833. The maximum absolute atomic E-state index is 6.11. The van der Waals surface area contributed by atoms with Crippen LogP contribution in [0.5, 0.6) is 0 Å². The van der Waals surface area contributed by atoms with Crippen molar-refractivity contribution in [3.63, 3.8) is 0 Å². The van der Waals surface area contributed by atoms with E-state index < -0.39 is 5.54 Å². The van der Waals surface area contributed by atoms with Gasteiger partial charge in [-0.05, 0) is 25.7 Å². The van der Waals surface area contributed by atoms with Crippen molar-refractivity contribution in [2.75, 3.05) is 13.2 Å². The lowest BCUT2D eigenvalue weighted by molar-refractivity contribution is 0.0392. The van der Waals surface area contributed by atoms with Crippen LogP contribution in [0, 0.1) is 5.92 Å². The van der Waals surface area contributed by atoms with Gasteiger partial charge in [0.05, 0.1) is 5.54 Å². The summed E-state index contributed by atoms with van der Waals surface area (Å²) >= 11 is 0. The van der Waals surface area contributed by atoms with Crippen LogP contribution >= 0.6 is 0 Å². The number of ether oxygens (including phenoxy) is 1. The Morgan fingerprint density at radius 1 is 1.53 bits per heavy atom. The average Bonchev–Trinajstić information content (AvgIpc) is 2.79. The molecule has 0 aliphatic carbocycles. The zero-order valence-electron chi connectivity index (χ0n) is 10.8. The van der Waals surface area contributed by atoms with E-state index in [1.54, 1.807) is 0 Å². The molecule has 3 unspecified atom stereocenters. The van der Waals surface area contributed by atoms with E-state index in [0.29, 0.717) is 23.6 Å². The molecule has 1 aliphatic rings. The minimum Gasteiger partial charge on any atom is -0.381 e. The standard InChI is InChI=1S/C12H21N3O2/c1-4-12(3,13)11-14-10(17-15-11)9-5-6-16-7-8(9)2/h8-9H,4-7,13H2,1-3H3. The fourth-order valence-corrected chi connectivity index (χ4v) is 2.02. The highest BCUT2D eigenvalue weighted by molar-refractivity contribution is 5.04. The van der Waals surface area contributed by atoms with E-state index in [-0.39, 0.29) is 0 Å². The zero-order valence-corrected chi connectivity index (χ0v) is 10.8. The Kier molecular flexibility index (Phi) is 3.49. The van der Waals surface area contributed by atoms with Gasteiger partial charge in [0.15, 0.2) is 5.82 Å². The summed E-state index contributed by atoms with van der Waals surface area (Å²) < 4.78 is 10.8. The monoisotopic (exact) mass is 239 g/mol. The number of rotatable bonds is 3. The molecule has 1 saturated heterocycles. The van der Waals surface area contributed by atoms with Gasteiger partial charge in [0.1, 0.15) is 0 Å². The molecule has 0 spiro atoms. The number of nitrogens with two attached hydrogens (primary N) is 1. The summed E-state index contributed by atoms with van der Waals surface area (Å²) in [6, 6.07) is 0. The Labute approximate surface area is 102 Å². The fourth-order valence-electron chi connectivity index (χ4n) is 2.02. The number of nitrogens with zero attached hydrogens (tertiary/aromatic N) is 2. The van der Waals surface area contributed by atoms with Gasteiger partial charge in [-0.3, -0.25) is 0 Å². The molecule has 0 aromatic carbocycles. The molecule has 1 aliphatic heterocycles. The normalized spacial score (nSPS) is 28.9. The molecule has 0 amide bonds. The van der Waals surface area contributed by atoms with Gasteiger partial charge in [-0.25, -0.2) is 0 Å².